The van der Waals surface area contributed by atoms with E-state index in [1.807, 2.05) is 36.4 Å². The monoisotopic (exact) mass is 399 g/mol. The molecule has 2 rings (SSSR count). The van der Waals surface area contributed by atoms with Gasteiger partial charge in [-0.15, -0.1) is 0 Å². The van der Waals surface area contributed by atoms with Crippen LogP contribution >= 0.6 is 31.9 Å². The van der Waals surface area contributed by atoms with E-state index in [0.29, 0.717) is 13.2 Å². The summed E-state index contributed by atoms with van der Waals surface area (Å²) in [6.07, 6.45) is 0. The quantitative estimate of drug-likeness (QED) is 0.815. The molecule has 106 valence electrons. The Hall–Kier alpha value is -1.04. The molecule has 20 heavy (non-hydrogen) atoms. The molecule has 3 nitrogen and oxygen atoms in total. The highest BCUT2D eigenvalue weighted by atomic mass is 79.9. The van der Waals surface area contributed by atoms with Crippen molar-refractivity contribution in [2.75, 3.05) is 7.11 Å². The van der Waals surface area contributed by atoms with Crippen molar-refractivity contribution in [3.05, 3.63) is 56.5 Å². The summed E-state index contributed by atoms with van der Waals surface area (Å²) in [6, 6.07) is 11.6. The molecule has 0 fully saturated rings. The number of benzene rings is 2. The van der Waals surface area contributed by atoms with Gasteiger partial charge in [-0.05, 0) is 36.4 Å². The molecule has 0 spiro atoms. The van der Waals surface area contributed by atoms with Crippen molar-refractivity contribution in [1.82, 2.24) is 0 Å². The topological polar surface area (TPSA) is 44.5 Å². The summed E-state index contributed by atoms with van der Waals surface area (Å²) in [6.45, 7) is 0.889. The lowest BCUT2D eigenvalue weighted by Gasteiger charge is -2.12. The number of hydrogen-bond acceptors (Lipinski definition) is 3. The van der Waals surface area contributed by atoms with E-state index in [0.717, 1.165) is 31.6 Å². The third kappa shape index (κ3) is 3.75. The third-order valence-electron chi connectivity index (χ3n) is 2.88. The van der Waals surface area contributed by atoms with Gasteiger partial charge in [0.1, 0.15) is 18.1 Å². The summed E-state index contributed by atoms with van der Waals surface area (Å²) in [5.74, 6) is 1.60. The molecule has 0 radical (unpaired) electrons. The number of rotatable bonds is 5. The number of halogens is 2. The summed E-state index contributed by atoms with van der Waals surface area (Å²) in [5.41, 5.74) is 7.73. The van der Waals surface area contributed by atoms with Gasteiger partial charge in [-0.1, -0.05) is 31.9 Å². The van der Waals surface area contributed by atoms with Gasteiger partial charge < -0.3 is 15.2 Å². The third-order valence-corrected chi connectivity index (χ3v) is 4.15. The fraction of sp³-hybridized carbons (Fsp3) is 0.200. The fourth-order valence-electron chi connectivity index (χ4n) is 1.79. The molecule has 2 N–H and O–H groups in total. The molecule has 0 aliphatic rings. The molecule has 0 bridgehead atoms. The van der Waals surface area contributed by atoms with Gasteiger partial charge in [-0.25, -0.2) is 0 Å². The van der Waals surface area contributed by atoms with Gasteiger partial charge in [-0.2, -0.15) is 0 Å². The molecule has 0 aliphatic heterocycles. The van der Waals surface area contributed by atoms with Gasteiger partial charge in [0.2, 0.25) is 0 Å². The maximum Gasteiger partial charge on any atom is 0.124 e. The minimum atomic E-state index is 0.439. The van der Waals surface area contributed by atoms with Crippen LogP contribution in [0.5, 0.6) is 11.5 Å². The minimum absolute atomic E-state index is 0.439. The molecule has 0 saturated heterocycles. The zero-order valence-corrected chi connectivity index (χ0v) is 14.2. The highest BCUT2D eigenvalue weighted by Gasteiger charge is 2.06. The Labute approximate surface area is 135 Å². The minimum Gasteiger partial charge on any atom is -0.497 e. The highest BCUT2D eigenvalue weighted by molar-refractivity contribution is 9.10. The second-order valence-corrected chi connectivity index (χ2v) is 5.97. The molecule has 0 atom stereocenters. The van der Waals surface area contributed by atoms with Crippen LogP contribution in [0, 0.1) is 0 Å². The Morgan fingerprint density at radius 3 is 2.55 bits per heavy atom. The lowest BCUT2D eigenvalue weighted by molar-refractivity contribution is 0.301. The molecule has 0 aliphatic carbocycles. The SMILES string of the molecule is COc1ccc(Br)c(COc2ccc(Br)cc2CN)c1. The van der Waals surface area contributed by atoms with Crippen molar-refractivity contribution in [2.24, 2.45) is 5.73 Å². The number of ether oxygens (including phenoxy) is 2. The predicted molar refractivity (Wildman–Crippen MR) is 87.1 cm³/mol. The van der Waals surface area contributed by atoms with Crippen LogP contribution < -0.4 is 15.2 Å². The molecule has 0 heterocycles. The molecular formula is C15H15Br2NO2. The van der Waals surface area contributed by atoms with Crippen LogP contribution in [0.15, 0.2) is 45.3 Å². The summed E-state index contributed by atoms with van der Waals surface area (Å²) in [5, 5.41) is 0. The van der Waals surface area contributed by atoms with E-state index in [1.54, 1.807) is 7.11 Å². The Morgan fingerprint density at radius 2 is 1.85 bits per heavy atom. The van der Waals surface area contributed by atoms with Crippen molar-refractivity contribution in [3.63, 3.8) is 0 Å². The van der Waals surface area contributed by atoms with E-state index in [1.165, 1.54) is 0 Å². The van der Waals surface area contributed by atoms with Crippen LogP contribution in [0.2, 0.25) is 0 Å². The normalized spacial score (nSPS) is 10.4. The first-order chi connectivity index (χ1) is 9.63. The maximum absolute atomic E-state index is 5.86. The van der Waals surface area contributed by atoms with Gasteiger partial charge in [0.25, 0.3) is 0 Å². The molecule has 0 saturated carbocycles. The van der Waals surface area contributed by atoms with Crippen LogP contribution in [0.25, 0.3) is 0 Å². The smallest absolute Gasteiger partial charge is 0.124 e. The first-order valence-corrected chi connectivity index (χ1v) is 7.66. The summed E-state index contributed by atoms with van der Waals surface area (Å²) >= 11 is 6.94. The molecule has 2 aromatic rings. The standard InChI is InChI=1S/C15H15Br2NO2/c1-19-13-3-4-14(17)11(7-13)9-20-15-5-2-12(16)6-10(15)8-18/h2-7H,8-9,18H2,1H3. The highest BCUT2D eigenvalue weighted by Crippen LogP contribution is 2.27. The zero-order chi connectivity index (χ0) is 14.5. The van der Waals surface area contributed by atoms with Crippen molar-refractivity contribution < 1.29 is 9.47 Å². The van der Waals surface area contributed by atoms with Gasteiger partial charge in [0, 0.05) is 26.6 Å². The summed E-state index contributed by atoms with van der Waals surface area (Å²) in [7, 11) is 1.65. The van der Waals surface area contributed by atoms with Crippen molar-refractivity contribution in [2.45, 2.75) is 13.2 Å². The van der Waals surface area contributed by atoms with E-state index in [4.69, 9.17) is 15.2 Å². The Balaban J connectivity index is 2.16. The van der Waals surface area contributed by atoms with E-state index >= 15 is 0 Å². The first-order valence-electron chi connectivity index (χ1n) is 6.07. The van der Waals surface area contributed by atoms with Crippen LogP contribution in [0.1, 0.15) is 11.1 Å². The van der Waals surface area contributed by atoms with E-state index in [9.17, 15) is 0 Å². The van der Waals surface area contributed by atoms with Crippen LogP contribution in [0.3, 0.4) is 0 Å². The average Bonchev–Trinajstić information content (AvgIpc) is 2.47. The van der Waals surface area contributed by atoms with Crippen LogP contribution in [-0.2, 0) is 13.2 Å². The molecule has 0 unspecified atom stereocenters. The second kappa shape index (κ2) is 7.11. The van der Waals surface area contributed by atoms with Crippen LogP contribution in [0.4, 0.5) is 0 Å². The Bertz CT molecular complexity index is 602. The van der Waals surface area contributed by atoms with Gasteiger partial charge in [0.15, 0.2) is 0 Å². The first kappa shape index (κ1) is 15.4. The second-order valence-electron chi connectivity index (χ2n) is 4.20. The summed E-state index contributed by atoms with van der Waals surface area (Å²) in [4.78, 5) is 0. The largest absolute Gasteiger partial charge is 0.497 e. The molecular weight excluding hydrogens is 386 g/mol. The maximum atomic E-state index is 5.86. The number of nitrogens with two attached hydrogens (primary N) is 1. The molecule has 0 aromatic heterocycles. The van der Waals surface area contributed by atoms with E-state index < -0.39 is 0 Å². The van der Waals surface area contributed by atoms with Crippen molar-refractivity contribution in [3.8, 4) is 11.5 Å². The van der Waals surface area contributed by atoms with Gasteiger partial charge in [0.05, 0.1) is 7.11 Å². The lowest BCUT2D eigenvalue weighted by Crippen LogP contribution is -2.03. The predicted octanol–water partition coefficient (Wildman–Crippen LogP) is 4.26. The Kier molecular flexibility index (Phi) is 5.46. The fourth-order valence-corrected chi connectivity index (χ4v) is 2.56. The zero-order valence-electron chi connectivity index (χ0n) is 11.0. The van der Waals surface area contributed by atoms with Gasteiger partial charge in [-0.3, -0.25) is 0 Å². The molecule has 5 heteroatoms. The van der Waals surface area contributed by atoms with Gasteiger partial charge >= 0.3 is 0 Å². The Morgan fingerprint density at radius 1 is 1.05 bits per heavy atom. The van der Waals surface area contributed by atoms with E-state index in [-0.39, 0.29) is 0 Å². The van der Waals surface area contributed by atoms with Crippen LogP contribution in [-0.4, -0.2) is 7.11 Å². The van der Waals surface area contributed by atoms with Crippen molar-refractivity contribution in [1.29, 1.82) is 0 Å². The number of methoxy groups -OCH3 is 1. The average molecular weight is 401 g/mol. The van der Waals surface area contributed by atoms with E-state index in [2.05, 4.69) is 31.9 Å². The molecule has 2 aromatic carbocycles. The summed E-state index contributed by atoms with van der Waals surface area (Å²) < 4.78 is 13.1. The molecule has 0 amide bonds. The van der Waals surface area contributed by atoms with Crippen molar-refractivity contribution >= 4 is 31.9 Å². The number of hydrogen-bond donors (Lipinski definition) is 1. The lowest BCUT2D eigenvalue weighted by atomic mass is 10.2.